The maximum absolute atomic E-state index is 8.42. The van der Waals surface area contributed by atoms with Crippen LogP contribution >= 0.6 is 0 Å². The number of nitriles is 1. The molecule has 4 heteroatoms. The highest BCUT2D eigenvalue weighted by Crippen LogP contribution is 2.08. The highest BCUT2D eigenvalue weighted by Gasteiger charge is 1.96. The number of benzene rings is 1. The number of aryl methyl sites for hydroxylation is 1. The van der Waals surface area contributed by atoms with E-state index in [2.05, 4.69) is 15.6 Å². The number of hydrogen-bond acceptors (Lipinski definition) is 2. The molecule has 0 heterocycles. The lowest BCUT2D eigenvalue weighted by Crippen LogP contribution is -2.26. The summed E-state index contributed by atoms with van der Waals surface area (Å²) in [5.74, 6) is 0.443. The minimum Gasteiger partial charge on any atom is -0.326 e. The number of nitrogens with zero attached hydrogens (tertiary/aromatic N) is 2. The predicted octanol–water partition coefficient (Wildman–Crippen LogP) is 1.46. The van der Waals surface area contributed by atoms with E-state index >= 15 is 0 Å². The van der Waals surface area contributed by atoms with Crippen LogP contribution in [0.25, 0.3) is 0 Å². The minimum absolute atomic E-state index is 0.443. The Morgan fingerprint density at radius 3 is 2.86 bits per heavy atom. The van der Waals surface area contributed by atoms with Gasteiger partial charge in [0.1, 0.15) is 0 Å². The fraction of sp³-hybridized carbons (Fsp3) is 0.200. The van der Waals surface area contributed by atoms with Gasteiger partial charge >= 0.3 is 0 Å². The molecule has 0 fully saturated rings. The average Bonchev–Trinajstić information content (AvgIpc) is 2.17. The lowest BCUT2D eigenvalue weighted by molar-refractivity contribution is 1.21. The van der Waals surface area contributed by atoms with Gasteiger partial charge in [0.15, 0.2) is 6.19 Å². The second-order valence-corrected chi connectivity index (χ2v) is 2.80. The van der Waals surface area contributed by atoms with Crippen molar-refractivity contribution in [3.8, 4) is 6.19 Å². The van der Waals surface area contributed by atoms with E-state index < -0.39 is 0 Å². The zero-order valence-corrected chi connectivity index (χ0v) is 8.20. The normalized spacial score (nSPS) is 10.5. The molecule has 1 aromatic carbocycles. The van der Waals surface area contributed by atoms with Crippen LogP contribution in [0.15, 0.2) is 29.3 Å². The van der Waals surface area contributed by atoms with Crippen molar-refractivity contribution < 1.29 is 0 Å². The summed E-state index contributed by atoms with van der Waals surface area (Å²) in [4.78, 5) is 3.87. The van der Waals surface area contributed by atoms with Gasteiger partial charge in [0.2, 0.25) is 5.96 Å². The quantitative estimate of drug-likeness (QED) is 0.303. The van der Waals surface area contributed by atoms with Gasteiger partial charge in [-0.05, 0) is 24.6 Å². The highest BCUT2D eigenvalue weighted by atomic mass is 15.2. The molecule has 0 aliphatic rings. The van der Waals surface area contributed by atoms with Gasteiger partial charge in [-0.1, -0.05) is 12.1 Å². The molecule has 1 aromatic rings. The molecule has 0 spiro atoms. The lowest BCUT2D eigenvalue weighted by atomic mass is 10.2. The van der Waals surface area contributed by atoms with Crippen LogP contribution in [0.1, 0.15) is 5.56 Å². The van der Waals surface area contributed by atoms with E-state index in [1.165, 1.54) is 0 Å². The van der Waals surface area contributed by atoms with E-state index in [1.54, 1.807) is 7.05 Å². The summed E-state index contributed by atoms with van der Waals surface area (Å²) in [6, 6.07) is 7.84. The molecule has 0 bridgehead atoms. The smallest absolute Gasteiger partial charge is 0.208 e. The van der Waals surface area contributed by atoms with Crippen molar-refractivity contribution in [3.63, 3.8) is 0 Å². The molecular weight excluding hydrogens is 176 g/mol. The van der Waals surface area contributed by atoms with Crippen LogP contribution in [0, 0.1) is 18.4 Å². The van der Waals surface area contributed by atoms with Gasteiger partial charge in [-0.2, -0.15) is 5.26 Å². The minimum atomic E-state index is 0.443. The standard InChI is InChI=1S/C10H12N4/c1-8-4-3-5-9(6-8)14-10(12-2)13-7-11/h3-6H,1-2H3,(H2,12,13,14). The fourth-order valence-corrected chi connectivity index (χ4v) is 1.06. The molecule has 0 radical (unpaired) electrons. The van der Waals surface area contributed by atoms with Crippen molar-refractivity contribution in [2.45, 2.75) is 6.92 Å². The molecule has 0 saturated heterocycles. The van der Waals surface area contributed by atoms with Gasteiger partial charge in [0.25, 0.3) is 0 Å². The van der Waals surface area contributed by atoms with E-state index in [1.807, 2.05) is 37.4 Å². The van der Waals surface area contributed by atoms with Crippen LogP contribution < -0.4 is 10.6 Å². The summed E-state index contributed by atoms with van der Waals surface area (Å²) in [5.41, 5.74) is 2.07. The van der Waals surface area contributed by atoms with Crippen molar-refractivity contribution in [1.82, 2.24) is 5.32 Å². The highest BCUT2D eigenvalue weighted by molar-refractivity contribution is 5.94. The topological polar surface area (TPSA) is 60.2 Å². The Bertz CT molecular complexity index is 376. The summed E-state index contributed by atoms with van der Waals surface area (Å²) >= 11 is 0. The van der Waals surface area contributed by atoms with Crippen molar-refractivity contribution in [2.24, 2.45) is 4.99 Å². The van der Waals surface area contributed by atoms with Gasteiger partial charge in [-0.3, -0.25) is 10.3 Å². The monoisotopic (exact) mass is 188 g/mol. The van der Waals surface area contributed by atoms with E-state index in [4.69, 9.17) is 5.26 Å². The van der Waals surface area contributed by atoms with Gasteiger partial charge in [-0.25, -0.2) is 0 Å². The summed E-state index contributed by atoms with van der Waals surface area (Å²) < 4.78 is 0. The molecule has 1 rings (SSSR count). The molecule has 0 aliphatic carbocycles. The fourth-order valence-electron chi connectivity index (χ4n) is 1.06. The third-order valence-electron chi connectivity index (χ3n) is 1.68. The molecule has 14 heavy (non-hydrogen) atoms. The molecular formula is C10H12N4. The molecule has 0 unspecified atom stereocenters. The van der Waals surface area contributed by atoms with Crippen molar-refractivity contribution in [2.75, 3.05) is 12.4 Å². The summed E-state index contributed by atoms with van der Waals surface area (Å²) in [6.45, 7) is 2.01. The zero-order chi connectivity index (χ0) is 10.4. The molecule has 2 N–H and O–H groups in total. The second kappa shape index (κ2) is 4.87. The molecule has 0 aromatic heterocycles. The number of anilines is 1. The molecule has 0 atom stereocenters. The van der Waals surface area contributed by atoms with Gasteiger partial charge in [0.05, 0.1) is 0 Å². The number of guanidine groups is 1. The van der Waals surface area contributed by atoms with Crippen LogP contribution in [-0.4, -0.2) is 13.0 Å². The summed E-state index contributed by atoms with van der Waals surface area (Å²) in [5, 5.41) is 13.8. The van der Waals surface area contributed by atoms with Crippen LogP contribution in [0.5, 0.6) is 0 Å². The Kier molecular flexibility index (Phi) is 3.50. The first-order valence-electron chi connectivity index (χ1n) is 4.22. The molecule has 0 amide bonds. The van der Waals surface area contributed by atoms with Crippen molar-refractivity contribution >= 4 is 11.6 Å². The van der Waals surface area contributed by atoms with Crippen LogP contribution in [0.2, 0.25) is 0 Å². The Balaban J connectivity index is 2.73. The molecule has 4 nitrogen and oxygen atoms in total. The summed E-state index contributed by atoms with van der Waals surface area (Å²) in [6.07, 6.45) is 1.81. The SMILES string of the molecule is CN=C(NC#N)Nc1cccc(C)c1. The first kappa shape index (κ1) is 10.1. The molecule has 0 saturated carbocycles. The molecule has 0 aliphatic heterocycles. The number of aliphatic imine (C=N–C) groups is 1. The van der Waals surface area contributed by atoms with Crippen LogP contribution in [-0.2, 0) is 0 Å². The Morgan fingerprint density at radius 2 is 2.29 bits per heavy atom. The van der Waals surface area contributed by atoms with Crippen LogP contribution in [0.4, 0.5) is 5.69 Å². The Hall–Kier alpha value is -2.02. The van der Waals surface area contributed by atoms with E-state index in [9.17, 15) is 0 Å². The van der Waals surface area contributed by atoms with E-state index in [0.717, 1.165) is 11.3 Å². The molecule has 72 valence electrons. The maximum atomic E-state index is 8.42. The van der Waals surface area contributed by atoms with Gasteiger partial charge in [0, 0.05) is 12.7 Å². The number of nitrogens with one attached hydrogen (secondary N) is 2. The third-order valence-corrected chi connectivity index (χ3v) is 1.68. The third kappa shape index (κ3) is 2.79. The van der Waals surface area contributed by atoms with Crippen LogP contribution in [0.3, 0.4) is 0 Å². The summed E-state index contributed by atoms with van der Waals surface area (Å²) in [7, 11) is 1.61. The lowest BCUT2D eigenvalue weighted by Gasteiger charge is -2.06. The van der Waals surface area contributed by atoms with Gasteiger partial charge in [-0.15, -0.1) is 0 Å². The van der Waals surface area contributed by atoms with E-state index in [-0.39, 0.29) is 0 Å². The van der Waals surface area contributed by atoms with Gasteiger partial charge < -0.3 is 5.32 Å². The zero-order valence-electron chi connectivity index (χ0n) is 8.20. The second-order valence-electron chi connectivity index (χ2n) is 2.80. The number of rotatable bonds is 1. The first-order valence-corrected chi connectivity index (χ1v) is 4.22. The first-order chi connectivity index (χ1) is 6.76. The van der Waals surface area contributed by atoms with E-state index in [0.29, 0.717) is 5.96 Å². The average molecular weight is 188 g/mol. The largest absolute Gasteiger partial charge is 0.326 e. The maximum Gasteiger partial charge on any atom is 0.208 e. The number of hydrogen-bond donors (Lipinski definition) is 2. The Morgan fingerprint density at radius 1 is 1.50 bits per heavy atom. The van der Waals surface area contributed by atoms with Crippen molar-refractivity contribution in [1.29, 1.82) is 5.26 Å². The van der Waals surface area contributed by atoms with Crippen molar-refractivity contribution in [3.05, 3.63) is 29.8 Å². The Labute approximate surface area is 83.3 Å². The predicted molar refractivity (Wildman–Crippen MR) is 56.9 cm³/mol.